The van der Waals surface area contributed by atoms with Crippen molar-refractivity contribution in [3.8, 4) is 0 Å². The van der Waals surface area contributed by atoms with Crippen LogP contribution >= 0.6 is 11.6 Å². The van der Waals surface area contributed by atoms with Gasteiger partial charge < -0.3 is 0 Å². The molecule has 11 heteroatoms. The molecule has 0 N–H and O–H groups in total. The molecule has 0 radical (unpaired) electrons. The maximum absolute atomic E-state index is 13.1. The topological polar surface area (TPSA) is 106 Å². The number of hydrogen-bond acceptors (Lipinski definition) is 6. The number of benzene rings is 1. The Bertz CT molecular complexity index is 926. The van der Waals surface area contributed by atoms with Gasteiger partial charge >= 0.3 is 0 Å². The average molecular weight is 428 g/mol. The summed E-state index contributed by atoms with van der Waals surface area (Å²) in [5.41, 5.74) is 0. The minimum atomic E-state index is -4.04. The quantitative estimate of drug-likeness (QED) is 0.700. The van der Waals surface area contributed by atoms with Gasteiger partial charge in [-0.2, -0.15) is 4.31 Å². The molecule has 25 heavy (non-hydrogen) atoms. The van der Waals surface area contributed by atoms with Crippen molar-refractivity contribution in [2.45, 2.75) is 29.8 Å². The third-order valence-electron chi connectivity index (χ3n) is 4.53. The van der Waals surface area contributed by atoms with Crippen LogP contribution in [0.2, 0.25) is 5.02 Å². The molecule has 2 fully saturated rings. The third-order valence-corrected chi connectivity index (χ3v) is 10.3. The summed E-state index contributed by atoms with van der Waals surface area (Å²) in [6.45, 7) is 0. The van der Waals surface area contributed by atoms with Gasteiger partial charge in [-0.05, 0) is 37.1 Å². The first-order chi connectivity index (χ1) is 11.5. The Morgan fingerprint density at radius 1 is 0.880 bits per heavy atom. The van der Waals surface area contributed by atoms with Crippen molar-refractivity contribution in [3.63, 3.8) is 0 Å². The van der Waals surface area contributed by atoms with Gasteiger partial charge in [-0.3, -0.25) is 0 Å². The summed E-state index contributed by atoms with van der Waals surface area (Å²) in [4.78, 5) is -0.0227. The smallest absolute Gasteiger partial charge is 0.229 e. The molecule has 0 spiro atoms. The van der Waals surface area contributed by atoms with Crippen molar-refractivity contribution in [2.75, 3.05) is 23.0 Å². The molecule has 0 bridgehead atoms. The molecule has 7 nitrogen and oxygen atoms in total. The first kappa shape index (κ1) is 19.1. The second-order valence-electron chi connectivity index (χ2n) is 6.40. The fraction of sp³-hybridized carbons (Fsp3) is 0.571. The van der Waals surface area contributed by atoms with E-state index in [0.29, 0.717) is 5.02 Å². The van der Waals surface area contributed by atoms with E-state index in [0.717, 1.165) is 4.31 Å². The maximum Gasteiger partial charge on any atom is 0.243 e. The molecule has 3 rings (SSSR count). The molecule has 0 unspecified atom stereocenters. The van der Waals surface area contributed by atoms with Gasteiger partial charge in [-0.1, -0.05) is 11.6 Å². The molecular weight excluding hydrogens is 410 g/mol. The van der Waals surface area contributed by atoms with E-state index in [1.54, 1.807) is 0 Å². The highest BCUT2D eigenvalue weighted by atomic mass is 35.5. The molecule has 2 saturated heterocycles. The van der Waals surface area contributed by atoms with E-state index >= 15 is 0 Å². The lowest BCUT2D eigenvalue weighted by Crippen LogP contribution is -2.48. The van der Waals surface area contributed by atoms with Gasteiger partial charge in [0.05, 0.1) is 27.9 Å². The van der Waals surface area contributed by atoms with Crippen molar-refractivity contribution < 1.29 is 25.3 Å². The van der Waals surface area contributed by atoms with E-state index in [2.05, 4.69) is 0 Å². The Balaban J connectivity index is 2.03. The highest BCUT2D eigenvalue weighted by Crippen LogP contribution is 2.31. The molecule has 0 amide bonds. The van der Waals surface area contributed by atoms with Crippen molar-refractivity contribution in [1.82, 2.24) is 4.31 Å². The van der Waals surface area contributed by atoms with E-state index in [9.17, 15) is 25.3 Å². The Hall–Kier alpha value is -0.680. The molecule has 0 aromatic heterocycles. The van der Waals surface area contributed by atoms with Gasteiger partial charge in [0.15, 0.2) is 19.7 Å². The van der Waals surface area contributed by atoms with Crippen LogP contribution in [0.25, 0.3) is 0 Å². The second-order valence-corrected chi connectivity index (χ2v) is 13.1. The van der Waals surface area contributed by atoms with Crippen molar-refractivity contribution >= 4 is 41.3 Å². The number of rotatable bonds is 4. The van der Waals surface area contributed by atoms with Crippen LogP contribution in [0, 0.1) is 0 Å². The Morgan fingerprint density at radius 2 is 1.32 bits per heavy atom. The van der Waals surface area contributed by atoms with E-state index in [4.69, 9.17) is 11.6 Å². The first-order valence-electron chi connectivity index (χ1n) is 7.70. The summed E-state index contributed by atoms with van der Waals surface area (Å²) in [5.74, 6) is -0.750. The van der Waals surface area contributed by atoms with E-state index in [-0.39, 0.29) is 40.7 Å². The van der Waals surface area contributed by atoms with Crippen molar-refractivity contribution in [2.24, 2.45) is 0 Å². The Labute approximate surface area is 152 Å². The van der Waals surface area contributed by atoms with E-state index in [1.807, 2.05) is 0 Å². The molecule has 2 atom stereocenters. The fourth-order valence-electron chi connectivity index (χ4n) is 3.37. The zero-order valence-corrected chi connectivity index (χ0v) is 16.4. The van der Waals surface area contributed by atoms with Crippen molar-refractivity contribution in [1.29, 1.82) is 0 Å². The van der Waals surface area contributed by atoms with Gasteiger partial charge in [-0.15, -0.1) is 0 Å². The molecular formula is C14H18ClNO6S3. The Kier molecular flexibility index (Phi) is 4.95. The molecule has 140 valence electrons. The molecule has 2 aliphatic rings. The molecule has 1 aromatic rings. The second kappa shape index (κ2) is 6.49. The number of halogens is 1. The predicted molar refractivity (Wildman–Crippen MR) is 94.6 cm³/mol. The van der Waals surface area contributed by atoms with Gasteiger partial charge in [0, 0.05) is 17.1 Å². The maximum atomic E-state index is 13.1. The zero-order chi connectivity index (χ0) is 18.5. The molecule has 0 saturated carbocycles. The van der Waals surface area contributed by atoms with Crippen LogP contribution in [0.15, 0.2) is 29.2 Å². The summed E-state index contributed by atoms with van der Waals surface area (Å²) >= 11 is 5.80. The molecule has 2 aliphatic heterocycles. The van der Waals surface area contributed by atoms with Crippen LogP contribution < -0.4 is 0 Å². The SMILES string of the molecule is O=S1(=O)CC[C@H](N([C@H]2CCS(=O)(=O)C2)S(=O)(=O)c2ccc(Cl)cc2)C1. The number of sulfone groups is 2. The van der Waals surface area contributed by atoms with Crippen LogP contribution in [0.3, 0.4) is 0 Å². The highest BCUT2D eigenvalue weighted by molar-refractivity contribution is 7.92. The number of nitrogens with zero attached hydrogens (tertiary/aromatic N) is 1. The summed E-state index contributed by atoms with van der Waals surface area (Å²) in [5, 5.41) is 0.373. The molecule has 2 heterocycles. The van der Waals surface area contributed by atoms with Crippen LogP contribution in [-0.4, -0.2) is 64.7 Å². The van der Waals surface area contributed by atoms with Gasteiger partial charge in [-0.25, -0.2) is 25.3 Å². The number of hydrogen-bond donors (Lipinski definition) is 0. The predicted octanol–water partition coefficient (Wildman–Crippen LogP) is 0.705. The van der Waals surface area contributed by atoms with Crippen LogP contribution in [0.5, 0.6) is 0 Å². The largest absolute Gasteiger partial charge is 0.243 e. The zero-order valence-electron chi connectivity index (χ0n) is 13.2. The lowest BCUT2D eigenvalue weighted by atomic mass is 10.2. The lowest BCUT2D eigenvalue weighted by Gasteiger charge is -2.32. The minimum absolute atomic E-state index is 0.0227. The highest BCUT2D eigenvalue weighted by Gasteiger charge is 2.45. The first-order valence-corrected chi connectivity index (χ1v) is 13.2. The minimum Gasteiger partial charge on any atom is -0.229 e. The van der Waals surface area contributed by atoms with Crippen LogP contribution in [0.4, 0.5) is 0 Å². The van der Waals surface area contributed by atoms with Gasteiger partial charge in [0.1, 0.15) is 0 Å². The summed E-state index contributed by atoms with van der Waals surface area (Å²) < 4.78 is 74.7. The third kappa shape index (κ3) is 4.02. The molecule has 1 aromatic carbocycles. The monoisotopic (exact) mass is 427 g/mol. The Morgan fingerprint density at radius 3 is 1.68 bits per heavy atom. The molecule has 0 aliphatic carbocycles. The normalized spacial score (nSPS) is 28.4. The van der Waals surface area contributed by atoms with Crippen LogP contribution in [0.1, 0.15) is 12.8 Å². The van der Waals surface area contributed by atoms with Gasteiger partial charge in [0.2, 0.25) is 10.0 Å². The van der Waals surface area contributed by atoms with Crippen molar-refractivity contribution in [3.05, 3.63) is 29.3 Å². The summed E-state index contributed by atoms with van der Waals surface area (Å²) in [6, 6.07) is 4.06. The van der Waals surface area contributed by atoms with Gasteiger partial charge in [0.25, 0.3) is 0 Å². The van der Waals surface area contributed by atoms with E-state index < -0.39 is 41.8 Å². The fourth-order valence-corrected chi connectivity index (χ4v) is 8.98. The summed E-state index contributed by atoms with van der Waals surface area (Å²) in [6.07, 6.45) is 0.345. The summed E-state index contributed by atoms with van der Waals surface area (Å²) in [7, 11) is -10.7. The standard InChI is InChI=1S/C14H18ClNO6S3/c15-11-1-3-14(4-2-11)25(21,22)16(12-5-7-23(17,18)9-12)13-6-8-24(19,20)10-13/h1-4,12-13H,5-10H2/t12-,13-/m0/s1. The number of sulfonamides is 1. The van der Waals surface area contributed by atoms with E-state index in [1.165, 1.54) is 24.3 Å². The average Bonchev–Trinajstić information content (AvgIpc) is 3.02. The lowest BCUT2D eigenvalue weighted by molar-refractivity contribution is 0.280. The van der Waals surface area contributed by atoms with Crippen LogP contribution in [-0.2, 0) is 29.7 Å².